The van der Waals surface area contributed by atoms with Gasteiger partial charge >= 0.3 is 0 Å². The molecule has 2 aromatic heterocycles. The zero-order valence-corrected chi connectivity index (χ0v) is 19.9. The van der Waals surface area contributed by atoms with Crippen LogP contribution in [-0.2, 0) is 0 Å². The van der Waals surface area contributed by atoms with Gasteiger partial charge in [0.05, 0.1) is 18.3 Å². The normalized spacial score (nSPS) is 14.1. The van der Waals surface area contributed by atoms with Crippen LogP contribution in [0.4, 0.5) is 0 Å². The van der Waals surface area contributed by atoms with Gasteiger partial charge in [-0.25, -0.2) is 4.98 Å². The van der Waals surface area contributed by atoms with Gasteiger partial charge in [0.15, 0.2) is 11.5 Å². The van der Waals surface area contributed by atoms with Crippen molar-refractivity contribution >= 4 is 33.2 Å². The zero-order chi connectivity index (χ0) is 22.8. The molecule has 1 aliphatic heterocycles. The Morgan fingerprint density at radius 1 is 1.09 bits per heavy atom. The van der Waals surface area contributed by atoms with Crippen molar-refractivity contribution in [1.82, 2.24) is 14.5 Å². The number of benzene rings is 2. The van der Waals surface area contributed by atoms with Gasteiger partial charge in [-0.05, 0) is 50.2 Å². The predicted octanol–water partition coefficient (Wildman–Crippen LogP) is 5.25. The minimum Gasteiger partial charge on any atom is -0.493 e. The SMILES string of the molecule is COc1cc(-n2cnc3cc(-c4ccccc4Cl)sc3c2=O)ccc1OCCN1CCCC1. The number of rotatable bonds is 7. The molecule has 0 bridgehead atoms. The molecule has 1 saturated heterocycles. The molecule has 1 fully saturated rings. The van der Waals surface area contributed by atoms with E-state index in [0.29, 0.717) is 39.0 Å². The number of halogens is 1. The van der Waals surface area contributed by atoms with Crippen molar-refractivity contribution < 1.29 is 9.47 Å². The lowest BCUT2D eigenvalue weighted by Gasteiger charge is -2.17. The molecule has 33 heavy (non-hydrogen) atoms. The molecule has 0 saturated carbocycles. The smallest absolute Gasteiger partial charge is 0.275 e. The van der Waals surface area contributed by atoms with E-state index in [1.807, 2.05) is 48.5 Å². The first-order chi connectivity index (χ1) is 16.1. The van der Waals surface area contributed by atoms with Crippen LogP contribution in [0.3, 0.4) is 0 Å². The third kappa shape index (κ3) is 4.49. The summed E-state index contributed by atoms with van der Waals surface area (Å²) in [5.74, 6) is 1.25. The van der Waals surface area contributed by atoms with E-state index in [2.05, 4.69) is 9.88 Å². The van der Waals surface area contributed by atoms with E-state index < -0.39 is 0 Å². The molecule has 2 aromatic carbocycles. The molecule has 0 unspecified atom stereocenters. The van der Waals surface area contributed by atoms with E-state index >= 15 is 0 Å². The second-order valence-corrected chi connectivity index (χ2v) is 9.42. The minimum atomic E-state index is -0.131. The number of fused-ring (bicyclic) bond motifs is 1. The summed E-state index contributed by atoms with van der Waals surface area (Å²) >= 11 is 7.74. The summed E-state index contributed by atoms with van der Waals surface area (Å²) in [5, 5.41) is 0.648. The van der Waals surface area contributed by atoms with Crippen molar-refractivity contribution in [2.75, 3.05) is 33.4 Å². The number of ether oxygens (including phenoxy) is 2. The largest absolute Gasteiger partial charge is 0.493 e. The van der Waals surface area contributed by atoms with Crippen LogP contribution in [-0.4, -0.2) is 47.8 Å². The zero-order valence-electron chi connectivity index (χ0n) is 18.3. The lowest BCUT2D eigenvalue weighted by Crippen LogP contribution is -2.25. The molecular weight excluding hydrogens is 458 g/mol. The maximum absolute atomic E-state index is 13.3. The van der Waals surface area contributed by atoms with Gasteiger partial charge in [-0.15, -0.1) is 11.3 Å². The lowest BCUT2D eigenvalue weighted by molar-refractivity contribution is 0.230. The van der Waals surface area contributed by atoms with Crippen LogP contribution in [0, 0.1) is 0 Å². The number of likely N-dealkylation sites (tertiary alicyclic amines) is 1. The highest BCUT2D eigenvalue weighted by atomic mass is 35.5. The first kappa shape index (κ1) is 21.9. The van der Waals surface area contributed by atoms with E-state index in [9.17, 15) is 4.79 Å². The molecule has 0 spiro atoms. The summed E-state index contributed by atoms with van der Waals surface area (Å²) < 4.78 is 13.6. The molecule has 0 amide bonds. The van der Waals surface area contributed by atoms with Crippen molar-refractivity contribution in [2.24, 2.45) is 0 Å². The van der Waals surface area contributed by atoms with E-state index in [-0.39, 0.29) is 5.56 Å². The molecule has 6 nitrogen and oxygen atoms in total. The van der Waals surface area contributed by atoms with Crippen molar-refractivity contribution in [3.05, 3.63) is 70.2 Å². The number of nitrogens with zero attached hydrogens (tertiary/aromatic N) is 3. The number of thiophene rings is 1. The highest BCUT2D eigenvalue weighted by Crippen LogP contribution is 2.35. The van der Waals surface area contributed by atoms with Gasteiger partial charge in [0.25, 0.3) is 5.56 Å². The lowest BCUT2D eigenvalue weighted by atomic mass is 10.2. The quantitative estimate of drug-likeness (QED) is 0.361. The Morgan fingerprint density at radius 2 is 1.91 bits per heavy atom. The van der Waals surface area contributed by atoms with Crippen molar-refractivity contribution in [3.8, 4) is 27.6 Å². The maximum atomic E-state index is 13.3. The first-order valence-corrected chi connectivity index (χ1v) is 12.1. The van der Waals surface area contributed by atoms with Crippen LogP contribution in [0.25, 0.3) is 26.3 Å². The van der Waals surface area contributed by atoms with Crippen LogP contribution in [0.1, 0.15) is 12.8 Å². The first-order valence-electron chi connectivity index (χ1n) is 10.9. The summed E-state index contributed by atoms with van der Waals surface area (Å²) in [7, 11) is 1.60. The van der Waals surface area contributed by atoms with Gasteiger partial charge in [0, 0.05) is 28.1 Å². The second-order valence-electron chi connectivity index (χ2n) is 7.96. The second kappa shape index (κ2) is 9.55. The van der Waals surface area contributed by atoms with Crippen LogP contribution in [0.5, 0.6) is 11.5 Å². The van der Waals surface area contributed by atoms with E-state index in [4.69, 9.17) is 21.1 Å². The highest BCUT2D eigenvalue weighted by Gasteiger charge is 2.15. The number of aromatic nitrogens is 2. The number of hydrogen-bond acceptors (Lipinski definition) is 6. The topological polar surface area (TPSA) is 56.6 Å². The predicted molar refractivity (Wildman–Crippen MR) is 133 cm³/mol. The molecular formula is C25H24ClN3O3S. The third-order valence-electron chi connectivity index (χ3n) is 5.87. The van der Waals surface area contributed by atoms with Crippen LogP contribution >= 0.6 is 22.9 Å². The summed E-state index contributed by atoms with van der Waals surface area (Å²) in [6.45, 7) is 3.78. The molecule has 4 aromatic rings. The Hall–Kier alpha value is -2.87. The van der Waals surface area contributed by atoms with Gasteiger partial charge in [0.2, 0.25) is 0 Å². The summed E-state index contributed by atoms with van der Waals surface area (Å²) in [6, 6.07) is 15.0. The fourth-order valence-corrected chi connectivity index (χ4v) is 5.48. The van der Waals surface area contributed by atoms with Gasteiger partial charge in [-0.3, -0.25) is 14.3 Å². The van der Waals surface area contributed by atoms with E-state index in [1.165, 1.54) is 28.7 Å². The maximum Gasteiger partial charge on any atom is 0.275 e. The van der Waals surface area contributed by atoms with Gasteiger partial charge in [-0.2, -0.15) is 0 Å². The molecule has 3 heterocycles. The summed E-state index contributed by atoms with van der Waals surface area (Å²) in [5.41, 5.74) is 2.09. The van der Waals surface area contributed by atoms with E-state index in [1.54, 1.807) is 13.4 Å². The highest BCUT2D eigenvalue weighted by molar-refractivity contribution is 7.22. The van der Waals surface area contributed by atoms with Crippen molar-refractivity contribution in [1.29, 1.82) is 0 Å². The molecule has 0 aliphatic carbocycles. The standard InChI is InChI=1S/C25H24ClN3O3S/c1-31-22-14-17(8-9-21(22)32-13-12-28-10-4-5-11-28)29-16-27-20-15-23(33-24(20)25(29)30)18-6-2-3-7-19(18)26/h2-3,6-9,14-16H,4-5,10-13H2,1H3. The Bertz CT molecular complexity index is 1340. The summed E-state index contributed by atoms with van der Waals surface area (Å²) in [6.07, 6.45) is 4.07. The monoisotopic (exact) mass is 481 g/mol. The van der Waals surface area contributed by atoms with Crippen LogP contribution in [0.2, 0.25) is 5.02 Å². The summed E-state index contributed by atoms with van der Waals surface area (Å²) in [4.78, 5) is 21.1. The minimum absolute atomic E-state index is 0.131. The molecule has 0 atom stereocenters. The van der Waals surface area contributed by atoms with Crippen LogP contribution < -0.4 is 15.0 Å². The fraction of sp³-hybridized carbons (Fsp3) is 0.280. The average molecular weight is 482 g/mol. The third-order valence-corrected chi connectivity index (χ3v) is 7.34. The van der Waals surface area contributed by atoms with Gasteiger partial charge in [-0.1, -0.05) is 29.8 Å². The number of methoxy groups -OCH3 is 1. The molecule has 5 rings (SSSR count). The van der Waals surface area contributed by atoms with E-state index in [0.717, 1.165) is 30.1 Å². The Balaban J connectivity index is 1.42. The van der Waals surface area contributed by atoms with Gasteiger partial charge in [0.1, 0.15) is 17.6 Å². The Labute approximate surface area is 201 Å². The molecule has 0 N–H and O–H groups in total. The fourth-order valence-electron chi connectivity index (χ4n) is 4.11. The Kier molecular flexibility index (Phi) is 6.35. The molecule has 170 valence electrons. The van der Waals surface area contributed by atoms with Crippen molar-refractivity contribution in [3.63, 3.8) is 0 Å². The average Bonchev–Trinajstić information content (AvgIpc) is 3.50. The van der Waals surface area contributed by atoms with Crippen LogP contribution in [0.15, 0.2) is 59.7 Å². The molecule has 8 heteroatoms. The molecule has 1 aliphatic rings. The Morgan fingerprint density at radius 3 is 2.70 bits per heavy atom. The van der Waals surface area contributed by atoms with Crippen molar-refractivity contribution in [2.45, 2.75) is 12.8 Å². The number of hydrogen-bond donors (Lipinski definition) is 0. The van der Waals surface area contributed by atoms with Gasteiger partial charge < -0.3 is 9.47 Å². The molecule has 0 radical (unpaired) electrons.